The number of fused-ring (bicyclic) bond motifs is 6. The second kappa shape index (κ2) is 7.68. The van der Waals surface area contributed by atoms with E-state index in [0.717, 1.165) is 11.0 Å². The molecule has 3 fully saturated rings. The highest BCUT2D eigenvalue weighted by Gasteiger charge is 2.63. The average molecular weight is 490 g/mol. The van der Waals surface area contributed by atoms with Crippen LogP contribution >= 0.6 is 11.6 Å². The fraction of sp³-hybridized carbons (Fsp3) is 0.200. The Morgan fingerprint density at radius 3 is 2.63 bits per heavy atom. The summed E-state index contributed by atoms with van der Waals surface area (Å²) in [4.78, 5) is 44.3. The first kappa shape index (κ1) is 21.4. The van der Waals surface area contributed by atoms with Gasteiger partial charge in [0.2, 0.25) is 0 Å². The standard InChI is InChI=1S/C25H17ClFN5O3/c26-18-9-14(6-7-19(18)27)29-24(34)30-12-15-10-21(30)22-23(33)32(25(35)31(15)22)20-8-5-13(11-28)16-3-1-2-4-17(16)20/h1-9,15,21-22H,10,12H2,(H,29,34). The van der Waals surface area contributed by atoms with Crippen molar-refractivity contribution in [2.75, 3.05) is 16.8 Å². The smallest absolute Gasteiger partial charge is 0.317 e. The minimum atomic E-state index is -0.793. The van der Waals surface area contributed by atoms with Gasteiger partial charge in [0.1, 0.15) is 11.9 Å². The number of nitrogens with one attached hydrogen (secondary N) is 1. The van der Waals surface area contributed by atoms with Crippen LogP contribution < -0.4 is 10.2 Å². The monoisotopic (exact) mass is 489 g/mol. The molecule has 2 bridgehead atoms. The molecule has 3 aliphatic rings. The van der Waals surface area contributed by atoms with Crippen LogP contribution in [0.5, 0.6) is 0 Å². The van der Waals surface area contributed by atoms with Crippen LogP contribution in [-0.2, 0) is 4.79 Å². The molecule has 3 aromatic carbocycles. The SMILES string of the molecule is N#Cc1ccc(N2C(=O)C3C4CC(CN4C(=O)Nc4ccc(F)c(Cl)c4)N3C2=O)c2ccccc12. The van der Waals surface area contributed by atoms with Crippen molar-refractivity contribution in [1.82, 2.24) is 9.80 Å². The molecule has 0 spiro atoms. The van der Waals surface area contributed by atoms with Gasteiger partial charge in [0, 0.05) is 23.0 Å². The number of rotatable bonds is 2. The maximum atomic E-state index is 13.6. The first-order chi connectivity index (χ1) is 16.9. The summed E-state index contributed by atoms with van der Waals surface area (Å²) in [7, 11) is 0. The van der Waals surface area contributed by atoms with Gasteiger partial charge in [0.25, 0.3) is 5.91 Å². The van der Waals surface area contributed by atoms with Gasteiger partial charge in [-0.3, -0.25) is 4.79 Å². The highest BCUT2D eigenvalue weighted by Crippen LogP contribution is 2.44. The van der Waals surface area contributed by atoms with Crippen LogP contribution in [0.3, 0.4) is 0 Å². The molecule has 3 aliphatic heterocycles. The molecule has 3 unspecified atom stereocenters. The van der Waals surface area contributed by atoms with Gasteiger partial charge in [-0.1, -0.05) is 35.9 Å². The van der Waals surface area contributed by atoms with Crippen LogP contribution in [0.25, 0.3) is 10.8 Å². The van der Waals surface area contributed by atoms with Gasteiger partial charge in [-0.25, -0.2) is 18.9 Å². The summed E-state index contributed by atoms with van der Waals surface area (Å²) in [6, 6.07) is 13.9. The van der Waals surface area contributed by atoms with Crippen molar-refractivity contribution in [3.63, 3.8) is 0 Å². The lowest BCUT2D eigenvalue weighted by Crippen LogP contribution is -2.55. The molecular weight excluding hydrogens is 473 g/mol. The number of amides is 5. The first-order valence-electron chi connectivity index (χ1n) is 11.0. The predicted molar refractivity (Wildman–Crippen MR) is 126 cm³/mol. The maximum absolute atomic E-state index is 13.6. The molecule has 35 heavy (non-hydrogen) atoms. The Kier molecular flexibility index (Phi) is 4.69. The number of carbonyl (C=O) groups excluding carboxylic acids is 3. The average Bonchev–Trinajstić information content (AvgIpc) is 3.52. The Balaban J connectivity index is 1.30. The summed E-state index contributed by atoms with van der Waals surface area (Å²) in [6.07, 6.45) is 0.502. The fourth-order valence-electron chi connectivity index (χ4n) is 5.46. The van der Waals surface area contributed by atoms with E-state index in [-0.39, 0.29) is 17.6 Å². The molecule has 3 saturated heterocycles. The lowest BCUT2D eigenvalue weighted by molar-refractivity contribution is -0.120. The molecule has 6 rings (SSSR count). The van der Waals surface area contributed by atoms with Gasteiger partial charge >= 0.3 is 12.1 Å². The van der Waals surface area contributed by atoms with Crippen LogP contribution in [0.2, 0.25) is 5.02 Å². The number of benzene rings is 3. The number of likely N-dealkylation sites (tertiary alicyclic amines) is 1. The molecule has 0 aromatic heterocycles. The number of urea groups is 2. The van der Waals surface area contributed by atoms with E-state index in [1.807, 2.05) is 0 Å². The molecule has 5 amide bonds. The summed E-state index contributed by atoms with van der Waals surface area (Å²) in [5, 5.41) is 13.3. The number of hydrogen-bond acceptors (Lipinski definition) is 4. The van der Waals surface area contributed by atoms with Crippen molar-refractivity contribution in [3.8, 4) is 6.07 Å². The van der Waals surface area contributed by atoms with E-state index < -0.39 is 35.9 Å². The molecule has 1 N–H and O–H groups in total. The third kappa shape index (κ3) is 3.07. The zero-order valence-electron chi connectivity index (χ0n) is 18.1. The number of anilines is 2. The summed E-state index contributed by atoms with van der Waals surface area (Å²) in [5.41, 5.74) is 1.20. The molecular formula is C25H17ClFN5O3. The Bertz CT molecular complexity index is 1490. The predicted octanol–water partition coefficient (Wildman–Crippen LogP) is 4.33. The number of imide groups is 1. The second-order valence-corrected chi connectivity index (χ2v) is 9.17. The molecule has 3 heterocycles. The van der Waals surface area contributed by atoms with Crippen LogP contribution in [0.15, 0.2) is 54.6 Å². The Labute approximate surface area is 204 Å². The molecule has 174 valence electrons. The number of hydrogen-bond donors (Lipinski definition) is 1. The Morgan fingerprint density at radius 2 is 1.89 bits per heavy atom. The zero-order valence-corrected chi connectivity index (χ0v) is 18.9. The maximum Gasteiger partial charge on any atom is 0.332 e. The highest BCUT2D eigenvalue weighted by atomic mass is 35.5. The minimum Gasteiger partial charge on any atom is -0.317 e. The summed E-state index contributed by atoms with van der Waals surface area (Å²) >= 11 is 5.81. The summed E-state index contributed by atoms with van der Waals surface area (Å²) < 4.78 is 13.5. The summed E-state index contributed by atoms with van der Waals surface area (Å²) in [6.45, 7) is 0.281. The summed E-state index contributed by atoms with van der Waals surface area (Å²) in [5.74, 6) is -0.995. The molecule has 0 aliphatic carbocycles. The van der Waals surface area contributed by atoms with Crippen molar-refractivity contribution in [2.24, 2.45) is 0 Å². The Hall–Kier alpha value is -4.16. The number of carbonyl (C=O) groups is 3. The van der Waals surface area contributed by atoms with E-state index in [0.29, 0.717) is 34.1 Å². The Morgan fingerprint density at radius 1 is 1.11 bits per heavy atom. The van der Waals surface area contributed by atoms with E-state index in [9.17, 15) is 24.0 Å². The third-order valence-corrected chi connectivity index (χ3v) is 7.25. The van der Waals surface area contributed by atoms with Crippen LogP contribution in [-0.4, -0.2) is 52.4 Å². The van der Waals surface area contributed by atoms with Crippen LogP contribution in [0.4, 0.5) is 25.4 Å². The number of nitriles is 1. The lowest BCUT2D eigenvalue weighted by atomic mass is 10.0. The molecule has 0 saturated carbocycles. The van der Waals surface area contributed by atoms with Crippen LogP contribution in [0, 0.1) is 17.1 Å². The molecule has 10 heteroatoms. The van der Waals surface area contributed by atoms with Gasteiger partial charge in [0.05, 0.1) is 34.4 Å². The minimum absolute atomic E-state index is 0.112. The van der Waals surface area contributed by atoms with Crippen molar-refractivity contribution >= 4 is 51.7 Å². The van der Waals surface area contributed by atoms with E-state index >= 15 is 0 Å². The molecule has 8 nitrogen and oxygen atoms in total. The van der Waals surface area contributed by atoms with E-state index in [1.165, 1.54) is 12.1 Å². The van der Waals surface area contributed by atoms with Crippen molar-refractivity contribution in [2.45, 2.75) is 24.5 Å². The van der Waals surface area contributed by atoms with Gasteiger partial charge in [0.15, 0.2) is 0 Å². The van der Waals surface area contributed by atoms with E-state index in [4.69, 9.17) is 11.6 Å². The quantitative estimate of drug-likeness (QED) is 0.542. The van der Waals surface area contributed by atoms with Gasteiger partial charge in [-0.2, -0.15) is 5.26 Å². The highest BCUT2D eigenvalue weighted by molar-refractivity contribution is 6.31. The zero-order chi connectivity index (χ0) is 24.4. The third-order valence-electron chi connectivity index (χ3n) is 6.96. The van der Waals surface area contributed by atoms with Gasteiger partial charge in [-0.15, -0.1) is 0 Å². The first-order valence-corrected chi connectivity index (χ1v) is 11.4. The van der Waals surface area contributed by atoms with Gasteiger partial charge in [-0.05, 0) is 36.8 Å². The fourth-order valence-corrected chi connectivity index (χ4v) is 5.64. The topological polar surface area (TPSA) is 96.8 Å². The number of piperazine rings is 1. The molecule has 3 aromatic rings. The van der Waals surface area contributed by atoms with Crippen LogP contribution in [0.1, 0.15) is 12.0 Å². The number of halogens is 2. The number of nitrogens with zero attached hydrogens (tertiary/aromatic N) is 4. The second-order valence-electron chi connectivity index (χ2n) is 8.77. The largest absolute Gasteiger partial charge is 0.332 e. The lowest BCUT2D eigenvalue weighted by Gasteiger charge is -2.34. The van der Waals surface area contributed by atoms with E-state index in [1.54, 1.807) is 46.2 Å². The van der Waals surface area contributed by atoms with Gasteiger partial charge < -0.3 is 15.1 Å². The van der Waals surface area contributed by atoms with Crippen molar-refractivity contribution in [3.05, 3.63) is 71.0 Å². The van der Waals surface area contributed by atoms with E-state index in [2.05, 4.69) is 11.4 Å². The van der Waals surface area contributed by atoms with Crippen molar-refractivity contribution < 1.29 is 18.8 Å². The normalized spacial score (nSPS) is 22.7. The molecule has 3 atom stereocenters. The molecule has 0 radical (unpaired) electrons. The van der Waals surface area contributed by atoms with Crippen molar-refractivity contribution in [1.29, 1.82) is 5.26 Å².